The van der Waals surface area contributed by atoms with Gasteiger partial charge in [0.25, 0.3) is 0 Å². The van der Waals surface area contributed by atoms with Crippen molar-refractivity contribution < 1.29 is 23.9 Å². The molecule has 0 radical (unpaired) electrons. The molecule has 0 fully saturated rings. The summed E-state index contributed by atoms with van der Waals surface area (Å²) in [5.41, 5.74) is 5.41. The predicted molar refractivity (Wildman–Crippen MR) is 152 cm³/mol. The number of esters is 2. The summed E-state index contributed by atoms with van der Waals surface area (Å²) in [6.45, 7) is 12.6. The van der Waals surface area contributed by atoms with Crippen LogP contribution in [0.25, 0.3) is 0 Å². The second kappa shape index (κ2) is 20.2. The minimum Gasteiger partial charge on any atom is -0.465 e. The number of benzene rings is 1. The number of hydrogen-bond acceptors (Lipinski definition) is 6. The van der Waals surface area contributed by atoms with Crippen molar-refractivity contribution in [3.63, 3.8) is 0 Å². The first-order valence-corrected chi connectivity index (χ1v) is 13.6. The van der Waals surface area contributed by atoms with Crippen LogP contribution in [0.15, 0.2) is 49.1 Å². The van der Waals surface area contributed by atoms with Crippen molar-refractivity contribution in [2.75, 3.05) is 12.3 Å². The summed E-state index contributed by atoms with van der Waals surface area (Å²) < 4.78 is 9.97. The number of carbonyl (C=O) groups is 3. The van der Waals surface area contributed by atoms with Gasteiger partial charge in [0, 0.05) is 11.3 Å². The molecular weight excluding hydrogens is 466 g/mol. The molecule has 0 saturated carbocycles. The molecule has 0 saturated heterocycles. The average Bonchev–Trinajstić information content (AvgIpc) is 2.82. The van der Waals surface area contributed by atoms with Crippen molar-refractivity contribution in [1.82, 2.24) is 0 Å². The van der Waals surface area contributed by atoms with Gasteiger partial charge in [-0.25, -0.2) is 0 Å². The number of rotatable bonds is 16. The van der Waals surface area contributed by atoms with E-state index < -0.39 is 29.2 Å². The number of ketones is 1. The molecule has 0 spiro atoms. The Morgan fingerprint density at radius 3 is 1.92 bits per heavy atom. The summed E-state index contributed by atoms with van der Waals surface area (Å²) in [4.78, 5) is 36.6. The van der Waals surface area contributed by atoms with Crippen LogP contribution in [0.3, 0.4) is 0 Å². The molecule has 1 atom stereocenters. The number of unbranched alkanes of at least 4 members (excludes halogenated alkanes) is 8. The topological polar surface area (TPSA) is 95.7 Å². The molecule has 0 aliphatic rings. The van der Waals surface area contributed by atoms with E-state index in [-0.39, 0.29) is 12.2 Å². The van der Waals surface area contributed by atoms with Gasteiger partial charge in [0.1, 0.15) is 5.60 Å². The Labute approximate surface area is 224 Å². The Morgan fingerprint density at radius 2 is 1.41 bits per heavy atom. The Kier molecular flexibility index (Phi) is 18.6. The molecule has 0 aliphatic heterocycles. The Bertz CT molecular complexity index is 821. The lowest BCUT2D eigenvalue weighted by Gasteiger charge is -2.22. The first-order chi connectivity index (χ1) is 17.6. The molecule has 0 amide bonds. The monoisotopic (exact) mass is 515 g/mol. The molecule has 6 heteroatoms. The second-order valence-electron chi connectivity index (χ2n) is 9.95. The van der Waals surface area contributed by atoms with Crippen molar-refractivity contribution in [2.24, 2.45) is 5.92 Å². The minimum atomic E-state index is -1.64. The third kappa shape index (κ3) is 17.2. The van der Waals surface area contributed by atoms with Crippen LogP contribution >= 0.6 is 0 Å². The van der Waals surface area contributed by atoms with Crippen LogP contribution in [0.2, 0.25) is 0 Å². The van der Waals surface area contributed by atoms with Crippen LogP contribution in [0.1, 0.15) is 109 Å². The summed E-state index contributed by atoms with van der Waals surface area (Å²) >= 11 is 0. The maximum absolute atomic E-state index is 12.5. The van der Waals surface area contributed by atoms with E-state index >= 15 is 0 Å². The van der Waals surface area contributed by atoms with Crippen LogP contribution in [0, 0.1) is 5.92 Å². The van der Waals surface area contributed by atoms with Gasteiger partial charge >= 0.3 is 11.9 Å². The molecule has 1 aromatic rings. The van der Waals surface area contributed by atoms with Gasteiger partial charge in [0.2, 0.25) is 5.92 Å². The summed E-state index contributed by atoms with van der Waals surface area (Å²) in [5.74, 6) is -4.15. The molecule has 208 valence electrons. The van der Waals surface area contributed by atoms with Gasteiger partial charge in [0.15, 0.2) is 5.78 Å². The second-order valence-corrected chi connectivity index (χ2v) is 9.95. The average molecular weight is 516 g/mol. The van der Waals surface area contributed by atoms with Crippen LogP contribution in [0.4, 0.5) is 5.69 Å². The van der Waals surface area contributed by atoms with E-state index in [1.807, 2.05) is 6.08 Å². The number of nitrogen functional groups attached to an aromatic ring is 1. The summed E-state index contributed by atoms with van der Waals surface area (Å²) in [6, 6.07) is 5.94. The smallest absolute Gasteiger partial charge is 0.328 e. The van der Waals surface area contributed by atoms with Crippen molar-refractivity contribution in [3.05, 3.63) is 54.6 Å². The van der Waals surface area contributed by atoms with E-state index in [4.69, 9.17) is 15.2 Å². The van der Waals surface area contributed by atoms with E-state index in [9.17, 15) is 14.4 Å². The maximum Gasteiger partial charge on any atom is 0.328 e. The lowest BCUT2D eigenvalue weighted by molar-refractivity contribution is -0.166. The number of anilines is 1. The Hall–Kier alpha value is -2.89. The lowest BCUT2D eigenvalue weighted by Crippen LogP contribution is -2.38. The highest BCUT2D eigenvalue weighted by atomic mass is 16.6. The molecule has 1 aromatic carbocycles. The lowest BCUT2D eigenvalue weighted by atomic mass is 9.97. The van der Waals surface area contributed by atoms with E-state index in [0.717, 1.165) is 0 Å². The minimum absolute atomic E-state index is 0.0626. The quantitative estimate of drug-likeness (QED) is 0.0607. The maximum atomic E-state index is 12.5. The summed E-state index contributed by atoms with van der Waals surface area (Å²) in [5, 5.41) is 0. The Morgan fingerprint density at radius 1 is 0.865 bits per heavy atom. The largest absolute Gasteiger partial charge is 0.465 e. The molecule has 1 unspecified atom stereocenters. The number of allylic oxidation sites excluding steroid dienone is 3. The van der Waals surface area contributed by atoms with E-state index in [2.05, 4.69) is 25.7 Å². The third-order valence-electron chi connectivity index (χ3n) is 5.27. The van der Waals surface area contributed by atoms with Crippen molar-refractivity contribution in [1.29, 1.82) is 0 Å². The van der Waals surface area contributed by atoms with Gasteiger partial charge in [-0.15, -0.1) is 6.58 Å². The fourth-order valence-electron chi connectivity index (χ4n) is 3.37. The first-order valence-electron chi connectivity index (χ1n) is 13.6. The zero-order chi connectivity index (χ0) is 28.1. The molecule has 0 aromatic heterocycles. The van der Waals surface area contributed by atoms with Crippen molar-refractivity contribution in [2.45, 2.75) is 104 Å². The Balaban J connectivity index is 0.000000757. The highest BCUT2D eigenvalue weighted by Crippen LogP contribution is 2.18. The van der Waals surface area contributed by atoms with Gasteiger partial charge in [0.05, 0.1) is 6.61 Å². The van der Waals surface area contributed by atoms with E-state index in [0.29, 0.717) is 5.69 Å². The highest BCUT2D eigenvalue weighted by Gasteiger charge is 2.39. The molecule has 6 nitrogen and oxygen atoms in total. The molecule has 2 N–H and O–H groups in total. The van der Waals surface area contributed by atoms with Crippen LogP contribution in [-0.4, -0.2) is 29.9 Å². The number of ether oxygens (including phenoxy) is 2. The number of carbonyl (C=O) groups excluding carboxylic acids is 3. The van der Waals surface area contributed by atoms with E-state index in [1.54, 1.807) is 27.7 Å². The fourth-order valence-corrected chi connectivity index (χ4v) is 3.37. The fraction of sp³-hybridized carbons (Fsp3) is 0.581. The van der Waals surface area contributed by atoms with Crippen molar-refractivity contribution >= 4 is 23.4 Å². The van der Waals surface area contributed by atoms with Crippen molar-refractivity contribution in [3.8, 4) is 0 Å². The van der Waals surface area contributed by atoms with Crippen LogP contribution in [0.5, 0.6) is 0 Å². The number of hydrogen-bond donors (Lipinski definition) is 1. The van der Waals surface area contributed by atoms with E-state index in [1.165, 1.54) is 88.5 Å². The highest BCUT2D eigenvalue weighted by molar-refractivity contribution is 6.20. The summed E-state index contributed by atoms with van der Waals surface area (Å²) in [6.07, 6.45) is 20.0. The predicted octanol–water partition coefficient (Wildman–Crippen LogP) is 7.62. The van der Waals surface area contributed by atoms with Crippen LogP contribution < -0.4 is 5.73 Å². The van der Waals surface area contributed by atoms with Gasteiger partial charge in [-0.2, -0.15) is 0 Å². The molecular formula is C31H49NO5. The standard InChI is InChI=1S/C16H21NO5.C15H28/c1-5-21-14(19)12(15(20)22-16(2,3)4)13(18)10-6-8-11(17)9-7-10;1-3-5-7-9-11-13-15-14-12-10-8-6-4-2/h6-9,12H,5,17H2,1-4H3;3,8,10H,1,4-7,9,11-15H2,2H3. The zero-order valence-corrected chi connectivity index (χ0v) is 23.7. The normalized spacial score (nSPS) is 11.8. The third-order valence-corrected chi connectivity index (χ3v) is 5.27. The van der Waals surface area contributed by atoms with Gasteiger partial charge in [-0.1, -0.05) is 57.3 Å². The van der Waals surface area contributed by atoms with Gasteiger partial charge in [-0.05, 0) is 84.1 Å². The molecule has 1 rings (SSSR count). The number of Topliss-reactive ketones (excluding diaryl/α,β-unsaturated/α-hetero) is 1. The summed E-state index contributed by atoms with van der Waals surface area (Å²) in [7, 11) is 0. The zero-order valence-electron chi connectivity index (χ0n) is 23.7. The van der Waals surface area contributed by atoms with Gasteiger partial charge < -0.3 is 15.2 Å². The molecule has 37 heavy (non-hydrogen) atoms. The molecule has 0 heterocycles. The van der Waals surface area contributed by atoms with Crippen LogP contribution in [-0.2, 0) is 19.1 Å². The van der Waals surface area contributed by atoms with Gasteiger partial charge in [-0.3, -0.25) is 14.4 Å². The molecule has 0 aliphatic carbocycles. The first kappa shape index (κ1) is 34.1. The SMILES string of the molecule is C=CCCCCCCCCC=CCCC.CCOC(=O)C(C(=O)OC(C)(C)C)C(=O)c1ccc(N)cc1. The molecule has 0 bridgehead atoms. The number of nitrogens with two attached hydrogens (primary N) is 1.